The highest BCUT2D eigenvalue weighted by Gasteiger charge is 2.26. The van der Waals surface area contributed by atoms with Crippen LogP contribution in [0.4, 0.5) is 6.01 Å². The van der Waals surface area contributed by atoms with Gasteiger partial charge in [0.15, 0.2) is 0 Å². The molecule has 1 aromatic rings. The Morgan fingerprint density at radius 2 is 2.25 bits per heavy atom. The van der Waals surface area contributed by atoms with Crippen LogP contribution in [0.1, 0.15) is 12.3 Å². The molecule has 16 heavy (non-hydrogen) atoms. The fourth-order valence-corrected chi connectivity index (χ4v) is 1.52. The van der Waals surface area contributed by atoms with Crippen molar-refractivity contribution in [2.75, 3.05) is 18.0 Å². The van der Waals surface area contributed by atoms with Gasteiger partial charge in [0.2, 0.25) is 5.89 Å². The molecule has 0 aliphatic carbocycles. The average Bonchev–Trinajstić information content (AvgIpc) is 2.65. The predicted molar refractivity (Wildman–Crippen MR) is 53.2 cm³/mol. The highest BCUT2D eigenvalue weighted by Crippen LogP contribution is 2.21. The van der Waals surface area contributed by atoms with Crippen molar-refractivity contribution in [2.45, 2.75) is 13.3 Å². The largest absolute Gasteiger partial charge is 0.512 e. The van der Waals surface area contributed by atoms with Gasteiger partial charge in [-0.1, -0.05) is 5.10 Å². The molecule has 0 aromatic carbocycles. The molecular formula is C9H11N3O4. The van der Waals surface area contributed by atoms with Crippen LogP contribution in [0, 0.1) is 6.92 Å². The number of aryl methyl sites for hydroxylation is 1. The molecule has 1 aliphatic rings. The number of carbonyl (C=O) groups is 1. The van der Waals surface area contributed by atoms with Crippen molar-refractivity contribution in [3.05, 3.63) is 17.2 Å². The Hall–Kier alpha value is -2.05. The van der Waals surface area contributed by atoms with Gasteiger partial charge < -0.3 is 19.5 Å². The maximum atomic E-state index is 10.8. The Balaban J connectivity index is 2.20. The SMILES string of the molecule is Cc1nnc(N2CCC(O)=C(C(=O)O)C2)o1. The van der Waals surface area contributed by atoms with Crippen LogP contribution in [0.5, 0.6) is 0 Å². The van der Waals surface area contributed by atoms with Gasteiger partial charge in [-0.15, -0.1) is 5.10 Å². The molecule has 2 rings (SSSR count). The van der Waals surface area contributed by atoms with Crippen LogP contribution in [0.25, 0.3) is 0 Å². The highest BCUT2D eigenvalue weighted by molar-refractivity contribution is 5.88. The third-order valence-electron chi connectivity index (χ3n) is 2.36. The lowest BCUT2D eigenvalue weighted by molar-refractivity contribution is -0.132. The molecule has 2 heterocycles. The number of carboxylic acids is 1. The fourth-order valence-electron chi connectivity index (χ4n) is 1.52. The summed E-state index contributed by atoms with van der Waals surface area (Å²) in [5.74, 6) is -0.788. The number of aliphatic hydroxyl groups excluding tert-OH is 1. The summed E-state index contributed by atoms with van der Waals surface area (Å²) in [6, 6.07) is 0.281. The molecule has 0 saturated heterocycles. The summed E-state index contributed by atoms with van der Waals surface area (Å²) in [6.07, 6.45) is 0.267. The summed E-state index contributed by atoms with van der Waals surface area (Å²) in [6.45, 7) is 2.19. The van der Waals surface area contributed by atoms with Crippen LogP contribution in [-0.4, -0.2) is 39.5 Å². The Morgan fingerprint density at radius 3 is 2.81 bits per heavy atom. The van der Waals surface area contributed by atoms with Crippen LogP contribution < -0.4 is 4.90 Å². The van der Waals surface area contributed by atoms with Gasteiger partial charge >= 0.3 is 12.0 Å². The molecule has 0 bridgehead atoms. The predicted octanol–water partition coefficient (Wildman–Crippen LogP) is 0.485. The van der Waals surface area contributed by atoms with Crippen molar-refractivity contribution in [1.82, 2.24) is 10.2 Å². The number of hydrogen-bond acceptors (Lipinski definition) is 6. The standard InChI is InChI=1S/C9H11N3O4/c1-5-10-11-9(16-5)12-3-2-7(13)6(4-12)8(14)15/h13H,2-4H2,1H3,(H,14,15). The van der Waals surface area contributed by atoms with Gasteiger partial charge in [0.25, 0.3) is 0 Å². The van der Waals surface area contributed by atoms with Gasteiger partial charge in [0, 0.05) is 19.9 Å². The summed E-state index contributed by atoms with van der Waals surface area (Å²) in [4.78, 5) is 12.5. The third-order valence-corrected chi connectivity index (χ3v) is 2.36. The summed E-state index contributed by atoms with van der Waals surface area (Å²) in [5, 5.41) is 25.7. The van der Waals surface area contributed by atoms with Crippen LogP contribution >= 0.6 is 0 Å². The van der Waals surface area contributed by atoms with E-state index in [0.29, 0.717) is 12.4 Å². The van der Waals surface area contributed by atoms with E-state index in [2.05, 4.69) is 10.2 Å². The van der Waals surface area contributed by atoms with Crippen LogP contribution in [0.3, 0.4) is 0 Å². The molecule has 1 aliphatic heterocycles. The second-order valence-corrected chi connectivity index (χ2v) is 3.51. The quantitative estimate of drug-likeness (QED) is 0.755. The molecule has 2 N–H and O–H groups in total. The summed E-state index contributed by atoms with van der Waals surface area (Å²) in [5.41, 5.74) is -0.0258. The Bertz CT molecular complexity index is 451. The van der Waals surface area contributed by atoms with Crippen molar-refractivity contribution in [3.63, 3.8) is 0 Å². The van der Waals surface area contributed by atoms with E-state index in [1.54, 1.807) is 11.8 Å². The smallest absolute Gasteiger partial charge is 0.336 e. The minimum atomic E-state index is -1.13. The number of nitrogens with zero attached hydrogens (tertiary/aromatic N) is 3. The monoisotopic (exact) mass is 225 g/mol. The normalized spacial score (nSPS) is 16.7. The average molecular weight is 225 g/mol. The second-order valence-electron chi connectivity index (χ2n) is 3.51. The third kappa shape index (κ3) is 1.83. The highest BCUT2D eigenvalue weighted by atomic mass is 16.4. The number of rotatable bonds is 2. The van der Waals surface area contributed by atoms with Crippen molar-refractivity contribution in [2.24, 2.45) is 0 Å². The van der Waals surface area contributed by atoms with Crippen molar-refractivity contribution in [3.8, 4) is 0 Å². The molecule has 0 atom stereocenters. The number of aliphatic carboxylic acids is 1. The molecule has 7 nitrogen and oxygen atoms in total. The van der Waals surface area contributed by atoms with Crippen LogP contribution in [0.15, 0.2) is 15.7 Å². The zero-order valence-electron chi connectivity index (χ0n) is 8.67. The first kappa shape index (κ1) is 10.5. The van der Waals surface area contributed by atoms with E-state index in [1.807, 2.05) is 0 Å². The molecule has 1 aromatic heterocycles. The van der Waals surface area contributed by atoms with E-state index in [9.17, 15) is 9.90 Å². The van der Waals surface area contributed by atoms with Gasteiger partial charge in [0.1, 0.15) is 5.76 Å². The number of aromatic nitrogens is 2. The Morgan fingerprint density at radius 1 is 1.50 bits per heavy atom. The molecule has 7 heteroatoms. The number of carboxylic acid groups (broad SMARTS) is 1. The fraction of sp³-hybridized carbons (Fsp3) is 0.444. The first-order chi connectivity index (χ1) is 7.58. The lowest BCUT2D eigenvalue weighted by Gasteiger charge is -2.25. The van der Waals surface area contributed by atoms with E-state index < -0.39 is 5.97 Å². The minimum absolute atomic E-state index is 0.0258. The summed E-state index contributed by atoms with van der Waals surface area (Å²) < 4.78 is 5.19. The maximum Gasteiger partial charge on any atom is 0.336 e. The zero-order chi connectivity index (χ0) is 11.7. The Kier molecular flexibility index (Phi) is 2.51. The molecule has 0 spiro atoms. The number of anilines is 1. The van der Waals surface area contributed by atoms with E-state index >= 15 is 0 Å². The van der Waals surface area contributed by atoms with Crippen LogP contribution in [-0.2, 0) is 4.79 Å². The van der Waals surface area contributed by atoms with Gasteiger partial charge in [-0.2, -0.15) is 0 Å². The van der Waals surface area contributed by atoms with Gasteiger partial charge in [0.05, 0.1) is 12.1 Å². The van der Waals surface area contributed by atoms with E-state index in [-0.39, 0.29) is 30.3 Å². The molecule has 0 saturated carbocycles. The van der Waals surface area contributed by atoms with Gasteiger partial charge in [-0.3, -0.25) is 0 Å². The van der Waals surface area contributed by atoms with E-state index in [4.69, 9.17) is 9.52 Å². The lowest BCUT2D eigenvalue weighted by atomic mass is 10.1. The topological polar surface area (TPSA) is 99.7 Å². The van der Waals surface area contributed by atoms with Crippen molar-refractivity contribution in [1.29, 1.82) is 0 Å². The van der Waals surface area contributed by atoms with E-state index in [1.165, 1.54) is 0 Å². The molecule has 86 valence electrons. The number of hydrogen-bond donors (Lipinski definition) is 2. The van der Waals surface area contributed by atoms with Crippen LogP contribution in [0.2, 0.25) is 0 Å². The summed E-state index contributed by atoms with van der Waals surface area (Å²) in [7, 11) is 0. The van der Waals surface area contributed by atoms with Crippen molar-refractivity contribution < 1.29 is 19.4 Å². The lowest BCUT2D eigenvalue weighted by Crippen LogP contribution is -2.34. The molecule has 0 radical (unpaired) electrons. The molecule has 0 fully saturated rings. The van der Waals surface area contributed by atoms with Gasteiger partial charge in [-0.05, 0) is 0 Å². The Labute approximate surface area is 91.0 Å². The number of aliphatic hydroxyl groups is 1. The first-order valence-electron chi connectivity index (χ1n) is 4.77. The molecule has 0 amide bonds. The maximum absolute atomic E-state index is 10.8. The molecule has 0 unspecified atom stereocenters. The minimum Gasteiger partial charge on any atom is -0.512 e. The van der Waals surface area contributed by atoms with E-state index in [0.717, 1.165) is 0 Å². The second kappa shape index (κ2) is 3.84. The van der Waals surface area contributed by atoms with Gasteiger partial charge in [-0.25, -0.2) is 4.79 Å². The molecular weight excluding hydrogens is 214 g/mol. The zero-order valence-corrected chi connectivity index (χ0v) is 8.67. The first-order valence-corrected chi connectivity index (χ1v) is 4.77. The summed E-state index contributed by atoms with van der Waals surface area (Å²) >= 11 is 0. The van der Waals surface area contributed by atoms with Crippen molar-refractivity contribution >= 4 is 12.0 Å².